The molecule has 0 aromatic carbocycles. The summed E-state index contributed by atoms with van der Waals surface area (Å²) in [4.78, 5) is 10.5. The van der Waals surface area contributed by atoms with E-state index < -0.39 is 5.97 Å². The molecule has 0 saturated carbocycles. The van der Waals surface area contributed by atoms with E-state index in [0.29, 0.717) is 0 Å². The zero-order chi connectivity index (χ0) is 20.1. The largest absolute Gasteiger partial charge is 0.481 e. The minimum Gasteiger partial charge on any atom is -0.481 e. The van der Waals surface area contributed by atoms with E-state index in [1.165, 1.54) is 33.4 Å². The first kappa shape index (κ1) is 24.7. The Morgan fingerprint density at radius 3 is 1.35 bits per heavy atom. The number of carboxylic acid groups (broad SMARTS) is 1. The molecule has 2 N–H and O–H groups in total. The Balaban J connectivity index is 4.77. The number of hydrogen-bond donors (Lipinski definition) is 2. The van der Waals surface area contributed by atoms with E-state index in [2.05, 4.69) is 41.5 Å². The molecule has 0 amide bonds. The van der Waals surface area contributed by atoms with Crippen LogP contribution in [0.25, 0.3) is 0 Å². The molecule has 0 atom stereocenters. The second kappa shape index (κ2) is 13.8. The Bertz CT molecular complexity index is 536. The molecule has 0 fully saturated rings. The van der Waals surface area contributed by atoms with Crippen LogP contribution in [0.3, 0.4) is 0 Å². The van der Waals surface area contributed by atoms with Crippen LogP contribution < -0.4 is 0 Å². The van der Waals surface area contributed by atoms with Crippen molar-refractivity contribution in [2.75, 3.05) is 6.61 Å². The smallest absolute Gasteiger partial charge is 0.303 e. The number of unbranched alkanes of at least 4 members (excludes halogenated alkanes) is 4. The number of carboxylic acids is 1. The Kier molecular flexibility index (Phi) is 13.1. The molecule has 3 heteroatoms. The number of rotatable bonds is 13. The van der Waals surface area contributed by atoms with Gasteiger partial charge in [-0.1, -0.05) is 24.0 Å². The van der Waals surface area contributed by atoms with Gasteiger partial charge in [0.2, 0.25) is 0 Å². The fourth-order valence-electron chi connectivity index (χ4n) is 3.10. The highest BCUT2D eigenvalue weighted by atomic mass is 16.4. The number of hydrogen-bond acceptors (Lipinski definition) is 2. The van der Waals surface area contributed by atoms with E-state index in [-0.39, 0.29) is 13.0 Å². The van der Waals surface area contributed by atoms with Gasteiger partial charge in [-0.2, -0.15) is 0 Å². The van der Waals surface area contributed by atoms with Gasteiger partial charge < -0.3 is 10.2 Å². The SMILES string of the molecule is C/C(CCCCO)=C(C)/C(C)=C(C)/C(C)=C(\C)CCCCCCC(=O)O. The Labute approximate surface area is 160 Å². The first-order chi connectivity index (χ1) is 12.2. The van der Waals surface area contributed by atoms with Crippen LogP contribution in [0.2, 0.25) is 0 Å². The Morgan fingerprint density at radius 1 is 0.577 bits per heavy atom. The van der Waals surface area contributed by atoms with E-state index in [1.54, 1.807) is 0 Å². The molecule has 150 valence electrons. The molecule has 0 radical (unpaired) electrons. The van der Waals surface area contributed by atoms with Gasteiger partial charge in [0.15, 0.2) is 0 Å². The number of aliphatic hydroxyl groups excluding tert-OH is 1. The van der Waals surface area contributed by atoms with E-state index in [9.17, 15) is 4.79 Å². The van der Waals surface area contributed by atoms with Gasteiger partial charge in [-0.15, -0.1) is 0 Å². The molecule has 0 heterocycles. The molecule has 0 unspecified atom stereocenters. The van der Waals surface area contributed by atoms with Gasteiger partial charge >= 0.3 is 5.97 Å². The summed E-state index contributed by atoms with van der Waals surface area (Å²) in [6.07, 6.45) is 8.36. The second-order valence-corrected chi connectivity index (χ2v) is 7.55. The molecule has 0 aromatic heterocycles. The molecule has 0 aliphatic carbocycles. The molecule has 0 rings (SSSR count). The van der Waals surface area contributed by atoms with Crippen LogP contribution in [0, 0.1) is 0 Å². The van der Waals surface area contributed by atoms with Crippen LogP contribution in [-0.4, -0.2) is 22.8 Å². The van der Waals surface area contributed by atoms with E-state index in [0.717, 1.165) is 51.4 Å². The fraction of sp³-hybridized carbons (Fsp3) is 0.696. The molecule has 3 nitrogen and oxygen atoms in total. The molecule has 0 aliphatic heterocycles. The molecule has 0 spiro atoms. The summed E-state index contributed by atoms with van der Waals surface area (Å²) in [5, 5.41) is 17.6. The van der Waals surface area contributed by atoms with Crippen molar-refractivity contribution >= 4 is 5.97 Å². The van der Waals surface area contributed by atoms with Crippen molar-refractivity contribution in [3.05, 3.63) is 33.4 Å². The van der Waals surface area contributed by atoms with E-state index in [4.69, 9.17) is 10.2 Å². The van der Waals surface area contributed by atoms with Crippen LogP contribution in [0.4, 0.5) is 0 Å². The van der Waals surface area contributed by atoms with Crippen molar-refractivity contribution in [1.82, 2.24) is 0 Å². The summed E-state index contributed by atoms with van der Waals surface area (Å²) in [5.41, 5.74) is 8.35. The predicted octanol–water partition coefficient (Wildman–Crippen LogP) is 6.58. The van der Waals surface area contributed by atoms with Gasteiger partial charge in [-0.3, -0.25) is 4.79 Å². The lowest BCUT2D eigenvalue weighted by Crippen LogP contribution is -1.96. The van der Waals surface area contributed by atoms with Crippen LogP contribution >= 0.6 is 0 Å². The van der Waals surface area contributed by atoms with Gasteiger partial charge in [0, 0.05) is 13.0 Å². The van der Waals surface area contributed by atoms with Crippen LogP contribution in [0.15, 0.2) is 33.4 Å². The molecule has 26 heavy (non-hydrogen) atoms. The normalized spacial score (nSPS) is 14.6. The third kappa shape index (κ3) is 9.96. The van der Waals surface area contributed by atoms with Crippen LogP contribution in [-0.2, 0) is 4.79 Å². The van der Waals surface area contributed by atoms with Crippen molar-refractivity contribution in [2.45, 2.75) is 99.3 Å². The molecule has 0 bridgehead atoms. The standard InChI is InChI=1S/C23H40O3/c1-17(13-9-7-8-10-15-23(25)26)19(3)21(5)22(6)20(4)18(2)14-11-12-16-24/h24H,7-16H2,1-6H3,(H,25,26)/b19-17+,20-18-,22-21+. The first-order valence-corrected chi connectivity index (χ1v) is 10.1. The monoisotopic (exact) mass is 364 g/mol. The lowest BCUT2D eigenvalue weighted by molar-refractivity contribution is -0.137. The maximum Gasteiger partial charge on any atom is 0.303 e. The van der Waals surface area contributed by atoms with Gasteiger partial charge in [-0.25, -0.2) is 0 Å². The summed E-state index contributed by atoms with van der Waals surface area (Å²) in [6, 6.07) is 0. The summed E-state index contributed by atoms with van der Waals surface area (Å²) >= 11 is 0. The number of aliphatic carboxylic acids is 1. The van der Waals surface area contributed by atoms with Crippen LogP contribution in [0.5, 0.6) is 0 Å². The number of allylic oxidation sites excluding steroid dienone is 6. The fourth-order valence-corrected chi connectivity index (χ4v) is 3.10. The summed E-state index contributed by atoms with van der Waals surface area (Å²) < 4.78 is 0. The average Bonchev–Trinajstić information content (AvgIpc) is 2.61. The molecule has 0 saturated heterocycles. The molecule has 0 aliphatic rings. The maximum absolute atomic E-state index is 10.5. The van der Waals surface area contributed by atoms with E-state index >= 15 is 0 Å². The predicted molar refractivity (Wildman–Crippen MR) is 111 cm³/mol. The quantitative estimate of drug-likeness (QED) is 0.286. The highest BCUT2D eigenvalue weighted by molar-refractivity contribution is 5.66. The summed E-state index contributed by atoms with van der Waals surface area (Å²) in [5.74, 6) is -0.691. The third-order valence-corrected chi connectivity index (χ3v) is 5.62. The van der Waals surface area contributed by atoms with Crippen molar-refractivity contribution in [3.63, 3.8) is 0 Å². The molecular weight excluding hydrogens is 324 g/mol. The number of aliphatic hydroxyl groups is 1. The van der Waals surface area contributed by atoms with Gasteiger partial charge in [0.25, 0.3) is 0 Å². The zero-order valence-corrected chi connectivity index (χ0v) is 17.9. The summed E-state index contributed by atoms with van der Waals surface area (Å²) in [6.45, 7) is 13.5. The van der Waals surface area contributed by atoms with Gasteiger partial charge in [0.1, 0.15) is 0 Å². The average molecular weight is 365 g/mol. The maximum atomic E-state index is 10.5. The highest BCUT2D eigenvalue weighted by Crippen LogP contribution is 2.27. The third-order valence-electron chi connectivity index (χ3n) is 5.62. The lowest BCUT2D eigenvalue weighted by Gasteiger charge is -2.15. The van der Waals surface area contributed by atoms with Crippen molar-refractivity contribution < 1.29 is 15.0 Å². The van der Waals surface area contributed by atoms with Crippen molar-refractivity contribution in [3.8, 4) is 0 Å². The van der Waals surface area contributed by atoms with Gasteiger partial charge in [0.05, 0.1) is 0 Å². The Hall–Kier alpha value is -1.35. The second-order valence-electron chi connectivity index (χ2n) is 7.55. The van der Waals surface area contributed by atoms with E-state index in [1.807, 2.05) is 0 Å². The summed E-state index contributed by atoms with van der Waals surface area (Å²) in [7, 11) is 0. The van der Waals surface area contributed by atoms with Gasteiger partial charge in [-0.05, 0) is 102 Å². The molecule has 0 aromatic rings. The highest BCUT2D eigenvalue weighted by Gasteiger charge is 2.07. The Morgan fingerprint density at radius 2 is 0.962 bits per heavy atom. The zero-order valence-electron chi connectivity index (χ0n) is 17.9. The van der Waals surface area contributed by atoms with Crippen LogP contribution in [0.1, 0.15) is 99.3 Å². The first-order valence-electron chi connectivity index (χ1n) is 10.1. The minimum absolute atomic E-state index is 0.275. The lowest BCUT2D eigenvalue weighted by atomic mass is 9.91. The number of carbonyl (C=O) groups is 1. The minimum atomic E-state index is -0.691. The van der Waals surface area contributed by atoms with Crippen molar-refractivity contribution in [2.24, 2.45) is 0 Å². The van der Waals surface area contributed by atoms with Crippen molar-refractivity contribution in [1.29, 1.82) is 0 Å². The molecular formula is C23H40O3. The topological polar surface area (TPSA) is 57.5 Å².